The summed E-state index contributed by atoms with van der Waals surface area (Å²) in [7, 11) is 1.61. The van der Waals surface area contributed by atoms with Crippen LogP contribution in [0, 0.1) is 20.8 Å². The summed E-state index contributed by atoms with van der Waals surface area (Å²) in [6.45, 7) is 8.86. The second kappa shape index (κ2) is 9.09. The zero-order valence-corrected chi connectivity index (χ0v) is 17.6. The van der Waals surface area contributed by atoms with E-state index < -0.39 is 0 Å². The number of hydrogen-bond donors (Lipinski definition) is 1. The number of ether oxygens (including phenoxy) is 1. The molecule has 6 nitrogen and oxygen atoms in total. The number of aryl methyl sites for hydroxylation is 3. The number of nitrogens with zero attached hydrogens (tertiary/aromatic N) is 2. The standard InChI is InChI=1S/C23H29N3O3/c1-16-5-8-20(18(3)13-16)24-22(27)15-25-9-11-26(12-10-25)23(28)19-7-6-17(2)21(14-19)29-4/h5-8,13-14H,9-12,15H2,1-4H3,(H,24,27). The largest absolute Gasteiger partial charge is 0.496 e. The van der Waals surface area contributed by atoms with E-state index in [0.29, 0.717) is 38.3 Å². The predicted octanol–water partition coefficient (Wildman–Crippen LogP) is 3.02. The summed E-state index contributed by atoms with van der Waals surface area (Å²) in [4.78, 5) is 29.1. The highest BCUT2D eigenvalue weighted by atomic mass is 16.5. The van der Waals surface area contributed by atoms with Crippen LogP contribution >= 0.6 is 0 Å². The second-order valence-corrected chi connectivity index (χ2v) is 7.62. The van der Waals surface area contributed by atoms with Gasteiger partial charge in [0.1, 0.15) is 5.75 Å². The number of rotatable bonds is 5. The highest BCUT2D eigenvalue weighted by Gasteiger charge is 2.24. The Morgan fingerprint density at radius 3 is 2.34 bits per heavy atom. The van der Waals surface area contributed by atoms with Crippen molar-refractivity contribution in [3.05, 3.63) is 58.7 Å². The first-order chi connectivity index (χ1) is 13.9. The Hall–Kier alpha value is -2.86. The molecule has 3 rings (SSSR count). The van der Waals surface area contributed by atoms with Crippen molar-refractivity contribution in [2.24, 2.45) is 0 Å². The number of piperazine rings is 1. The van der Waals surface area contributed by atoms with Crippen molar-refractivity contribution in [3.8, 4) is 5.75 Å². The number of anilines is 1. The van der Waals surface area contributed by atoms with Gasteiger partial charge < -0.3 is 15.0 Å². The number of nitrogens with one attached hydrogen (secondary N) is 1. The maximum atomic E-state index is 12.8. The number of benzene rings is 2. The average Bonchev–Trinajstić information content (AvgIpc) is 2.70. The van der Waals surface area contributed by atoms with Crippen LogP contribution in [0.3, 0.4) is 0 Å². The highest BCUT2D eigenvalue weighted by molar-refractivity contribution is 5.95. The van der Waals surface area contributed by atoms with E-state index in [1.807, 2.05) is 49.9 Å². The van der Waals surface area contributed by atoms with E-state index >= 15 is 0 Å². The van der Waals surface area contributed by atoms with Crippen LogP contribution in [0.2, 0.25) is 0 Å². The molecule has 2 amide bonds. The molecule has 0 aliphatic carbocycles. The normalized spacial score (nSPS) is 14.6. The molecule has 0 saturated carbocycles. The Morgan fingerprint density at radius 2 is 1.69 bits per heavy atom. The molecular formula is C23H29N3O3. The van der Waals surface area contributed by atoms with Gasteiger partial charge in [0.15, 0.2) is 0 Å². The fourth-order valence-electron chi connectivity index (χ4n) is 3.59. The van der Waals surface area contributed by atoms with Crippen molar-refractivity contribution in [1.82, 2.24) is 9.80 Å². The summed E-state index contributed by atoms with van der Waals surface area (Å²) < 4.78 is 5.32. The maximum absolute atomic E-state index is 12.8. The quantitative estimate of drug-likeness (QED) is 0.845. The van der Waals surface area contributed by atoms with Crippen LogP contribution < -0.4 is 10.1 Å². The van der Waals surface area contributed by atoms with Gasteiger partial charge in [0.2, 0.25) is 5.91 Å². The van der Waals surface area contributed by atoms with Crippen LogP contribution in [0.5, 0.6) is 5.75 Å². The van der Waals surface area contributed by atoms with E-state index in [-0.39, 0.29) is 11.8 Å². The Kier molecular flexibility index (Phi) is 6.54. The zero-order chi connectivity index (χ0) is 21.0. The predicted molar refractivity (Wildman–Crippen MR) is 115 cm³/mol. The minimum atomic E-state index is -0.0278. The van der Waals surface area contributed by atoms with Gasteiger partial charge in [0.25, 0.3) is 5.91 Å². The molecule has 2 aromatic rings. The first-order valence-corrected chi connectivity index (χ1v) is 9.90. The number of carbonyl (C=O) groups is 2. The number of hydrogen-bond acceptors (Lipinski definition) is 4. The number of carbonyl (C=O) groups excluding carboxylic acids is 2. The summed E-state index contributed by atoms with van der Waals surface area (Å²) in [6.07, 6.45) is 0. The molecule has 0 unspecified atom stereocenters. The monoisotopic (exact) mass is 395 g/mol. The van der Waals surface area contributed by atoms with Gasteiger partial charge in [-0.15, -0.1) is 0 Å². The van der Waals surface area contributed by atoms with Crippen molar-refractivity contribution >= 4 is 17.5 Å². The van der Waals surface area contributed by atoms with Gasteiger partial charge in [-0.1, -0.05) is 23.8 Å². The van der Waals surface area contributed by atoms with Crippen LogP contribution in [-0.4, -0.2) is 61.4 Å². The minimum absolute atomic E-state index is 0.00248. The van der Waals surface area contributed by atoms with Crippen molar-refractivity contribution in [3.63, 3.8) is 0 Å². The topological polar surface area (TPSA) is 61.9 Å². The van der Waals surface area contributed by atoms with Crippen LogP contribution in [0.25, 0.3) is 0 Å². The van der Waals surface area contributed by atoms with E-state index in [2.05, 4.69) is 16.3 Å². The summed E-state index contributed by atoms with van der Waals surface area (Å²) in [5.41, 5.74) is 4.72. The molecule has 0 radical (unpaired) electrons. The maximum Gasteiger partial charge on any atom is 0.254 e. The first kappa shape index (κ1) is 20.9. The molecule has 2 aromatic carbocycles. The lowest BCUT2D eigenvalue weighted by atomic mass is 10.1. The van der Waals surface area contributed by atoms with Crippen molar-refractivity contribution in [1.29, 1.82) is 0 Å². The molecule has 29 heavy (non-hydrogen) atoms. The van der Waals surface area contributed by atoms with Crippen molar-refractivity contribution in [2.45, 2.75) is 20.8 Å². The summed E-state index contributed by atoms with van der Waals surface area (Å²) in [6, 6.07) is 11.5. The lowest BCUT2D eigenvalue weighted by Crippen LogP contribution is -2.50. The lowest BCUT2D eigenvalue weighted by molar-refractivity contribution is -0.117. The molecule has 0 bridgehead atoms. The molecule has 1 N–H and O–H groups in total. The van der Waals surface area contributed by atoms with Crippen LogP contribution in [-0.2, 0) is 4.79 Å². The fraction of sp³-hybridized carbons (Fsp3) is 0.391. The van der Waals surface area contributed by atoms with E-state index in [1.54, 1.807) is 13.2 Å². The lowest BCUT2D eigenvalue weighted by Gasteiger charge is -2.34. The fourth-order valence-corrected chi connectivity index (χ4v) is 3.59. The molecule has 1 heterocycles. The smallest absolute Gasteiger partial charge is 0.254 e. The summed E-state index contributed by atoms with van der Waals surface area (Å²) in [5.74, 6) is 0.695. The van der Waals surface area contributed by atoms with E-state index in [1.165, 1.54) is 5.56 Å². The summed E-state index contributed by atoms with van der Waals surface area (Å²) in [5, 5.41) is 2.99. The average molecular weight is 396 g/mol. The van der Waals surface area contributed by atoms with Gasteiger partial charge in [-0.05, 0) is 50.1 Å². The molecule has 1 aliphatic rings. The third-order valence-electron chi connectivity index (χ3n) is 5.34. The van der Waals surface area contributed by atoms with Crippen LogP contribution in [0.15, 0.2) is 36.4 Å². The molecule has 154 valence electrons. The number of amides is 2. The molecule has 0 spiro atoms. The van der Waals surface area contributed by atoms with Crippen molar-refractivity contribution in [2.75, 3.05) is 45.2 Å². The van der Waals surface area contributed by atoms with Gasteiger partial charge in [-0.3, -0.25) is 14.5 Å². The second-order valence-electron chi connectivity index (χ2n) is 7.62. The first-order valence-electron chi connectivity index (χ1n) is 9.90. The van der Waals surface area contributed by atoms with Gasteiger partial charge in [-0.2, -0.15) is 0 Å². The van der Waals surface area contributed by atoms with Gasteiger partial charge in [-0.25, -0.2) is 0 Å². The molecule has 0 aromatic heterocycles. The molecule has 1 saturated heterocycles. The highest BCUT2D eigenvalue weighted by Crippen LogP contribution is 2.21. The van der Waals surface area contributed by atoms with Crippen molar-refractivity contribution < 1.29 is 14.3 Å². The Morgan fingerprint density at radius 1 is 0.966 bits per heavy atom. The Bertz CT molecular complexity index is 902. The SMILES string of the molecule is COc1cc(C(=O)N2CCN(CC(=O)Nc3ccc(C)cc3C)CC2)ccc1C. The molecule has 1 fully saturated rings. The molecule has 0 atom stereocenters. The van der Waals surface area contributed by atoms with E-state index in [9.17, 15) is 9.59 Å². The third kappa shape index (κ3) is 5.15. The third-order valence-corrected chi connectivity index (χ3v) is 5.34. The van der Waals surface area contributed by atoms with E-state index in [0.717, 1.165) is 22.6 Å². The minimum Gasteiger partial charge on any atom is -0.496 e. The zero-order valence-electron chi connectivity index (χ0n) is 17.6. The summed E-state index contributed by atoms with van der Waals surface area (Å²) >= 11 is 0. The van der Waals surface area contributed by atoms with E-state index in [4.69, 9.17) is 4.74 Å². The molecule has 1 aliphatic heterocycles. The number of methoxy groups -OCH3 is 1. The Labute approximate surface area is 172 Å². The van der Waals surface area contributed by atoms with Crippen LogP contribution in [0.1, 0.15) is 27.0 Å². The van der Waals surface area contributed by atoms with Gasteiger partial charge >= 0.3 is 0 Å². The van der Waals surface area contributed by atoms with Gasteiger partial charge in [0, 0.05) is 37.4 Å². The molecular weight excluding hydrogens is 366 g/mol. The van der Waals surface area contributed by atoms with Crippen LogP contribution in [0.4, 0.5) is 5.69 Å². The molecule has 6 heteroatoms. The van der Waals surface area contributed by atoms with Gasteiger partial charge in [0.05, 0.1) is 13.7 Å². The Balaban J connectivity index is 1.52.